The molecule has 2 heterocycles. The van der Waals surface area contributed by atoms with Gasteiger partial charge in [0.25, 0.3) is 5.19 Å². The van der Waals surface area contributed by atoms with Gasteiger partial charge in [-0.3, -0.25) is 0 Å². The molecule has 1 aromatic carbocycles. The Morgan fingerprint density at radius 2 is 2.06 bits per heavy atom. The predicted octanol–water partition coefficient (Wildman–Crippen LogP) is 2.98. The Labute approximate surface area is 109 Å². The first kappa shape index (κ1) is 11.3. The van der Waals surface area contributed by atoms with Gasteiger partial charge in [-0.15, -0.1) is 0 Å². The fourth-order valence-corrected chi connectivity index (χ4v) is 2.45. The first-order valence-electron chi connectivity index (χ1n) is 5.76. The minimum atomic E-state index is 0.664. The zero-order chi connectivity index (χ0) is 12.4. The number of hydrogen-bond donors (Lipinski definition) is 0. The van der Waals surface area contributed by atoms with Crippen LogP contribution >= 0.6 is 11.3 Å². The van der Waals surface area contributed by atoms with Gasteiger partial charge in [-0.25, -0.2) is 4.98 Å². The van der Waals surface area contributed by atoms with E-state index in [1.165, 1.54) is 11.3 Å². The highest BCUT2D eigenvalue weighted by atomic mass is 32.1. The van der Waals surface area contributed by atoms with Crippen molar-refractivity contribution < 1.29 is 14.2 Å². The third-order valence-corrected chi connectivity index (χ3v) is 3.50. The van der Waals surface area contributed by atoms with E-state index in [1.807, 2.05) is 23.6 Å². The quantitative estimate of drug-likeness (QED) is 0.835. The summed E-state index contributed by atoms with van der Waals surface area (Å²) in [4.78, 5) is 4.37. The summed E-state index contributed by atoms with van der Waals surface area (Å²) in [6.45, 7) is 1.40. The second-order valence-corrected chi connectivity index (χ2v) is 4.74. The van der Waals surface area contributed by atoms with Crippen molar-refractivity contribution in [1.29, 1.82) is 0 Å². The van der Waals surface area contributed by atoms with Gasteiger partial charge in [0.2, 0.25) is 0 Å². The topological polar surface area (TPSA) is 40.6 Å². The van der Waals surface area contributed by atoms with Crippen LogP contribution in [0.15, 0.2) is 23.6 Å². The minimum Gasteiger partial charge on any atom is -0.490 e. The van der Waals surface area contributed by atoms with Crippen LogP contribution in [0, 0.1) is 0 Å². The largest absolute Gasteiger partial charge is 0.490 e. The molecule has 94 valence electrons. The van der Waals surface area contributed by atoms with E-state index in [9.17, 15) is 0 Å². The van der Waals surface area contributed by atoms with E-state index >= 15 is 0 Å². The molecule has 0 saturated carbocycles. The monoisotopic (exact) mass is 263 g/mol. The highest BCUT2D eigenvalue weighted by molar-refractivity contribution is 7.11. The van der Waals surface area contributed by atoms with Crippen molar-refractivity contribution in [1.82, 2.24) is 4.98 Å². The van der Waals surface area contributed by atoms with Crippen LogP contribution < -0.4 is 14.2 Å². The second kappa shape index (κ2) is 4.86. The summed E-state index contributed by atoms with van der Waals surface area (Å²) < 4.78 is 16.4. The van der Waals surface area contributed by atoms with E-state index < -0.39 is 0 Å². The summed E-state index contributed by atoms with van der Waals surface area (Å²) in [6.07, 6.45) is 0.911. The molecule has 1 aliphatic rings. The molecule has 0 fully saturated rings. The number of thiazole rings is 1. The van der Waals surface area contributed by atoms with E-state index in [1.54, 1.807) is 7.11 Å². The lowest BCUT2D eigenvalue weighted by molar-refractivity contribution is 0.297. The Balaban J connectivity index is 1.95. The number of aromatic nitrogens is 1. The summed E-state index contributed by atoms with van der Waals surface area (Å²) in [6, 6.07) is 5.89. The van der Waals surface area contributed by atoms with Crippen molar-refractivity contribution in [3.05, 3.63) is 23.6 Å². The van der Waals surface area contributed by atoms with E-state index in [0.717, 1.165) is 29.2 Å². The zero-order valence-electron chi connectivity index (χ0n) is 10.0. The third-order valence-electron chi connectivity index (χ3n) is 2.70. The molecule has 0 unspecified atom stereocenters. The lowest BCUT2D eigenvalue weighted by Gasteiger charge is -2.08. The molecule has 3 rings (SSSR count). The molecule has 0 saturated heterocycles. The molecule has 1 aliphatic heterocycles. The summed E-state index contributed by atoms with van der Waals surface area (Å²) >= 11 is 1.48. The van der Waals surface area contributed by atoms with E-state index in [4.69, 9.17) is 14.2 Å². The van der Waals surface area contributed by atoms with Gasteiger partial charge < -0.3 is 14.2 Å². The van der Waals surface area contributed by atoms with Crippen molar-refractivity contribution in [2.45, 2.75) is 6.42 Å². The molecule has 0 aliphatic carbocycles. The predicted molar refractivity (Wildman–Crippen MR) is 69.7 cm³/mol. The van der Waals surface area contributed by atoms with Crippen molar-refractivity contribution in [2.75, 3.05) is 20.3 Å². The Hall–Kier alpha value is -1.75. The Kier molecular flexibility index (Phi) is 3.06. The van der Waals surface area contributed by atoms with Crippen LogP contribution in [0.4, 0.5) is 0 Å². The van der Waals surface area contributed by atoms with Gasteiger partial charge in [0, 0.05) is 17.4 Å². The maximum absolute atomic E-state index is 5.66. The van der Waals surface area contributed by atoms with E-state index in [2.05, 4.69) is 4.98 Å². The number of methoxy groups -OCH3 is 1. The smallest absolute Gasteiger partial charge is 0.273 e. The number of fused-ring (bicyclic) bond motifs is 1. The molecule has 2 aromatic rings. The Morgan fingerprint density at radius 1 is 1.22 bits per heavy atom. The first-order valence-corrected chi connectivity index (χ1v) is 6.64. The maximum atomic E-state index is 5.66. The number of benzene rings is 1. The van der Waals surface area contributed by atoms with Crippen LogP contribution in [0.1, 0.15) is 6.42 Å². The molecular formula is C13H13NO3S. The molecule has 5 heteroatoms. The minimum absolute atomic E-state index is 0.664. The molecule has 0 spiro atoms. The number of rotatable bonds is 2. The average Bonchev–Trinajstić information content (AvgIpc) is 2.76. The molecule has 18 heavy (non-hydrogen) atoms. The molecule has 0 radical (unpaired) electrons. The number of hydrogen-bond acceptors (Lipinski definition) is 5. The third kappa shape index (κ3) is 2.13. The first-order chi connectivity index (χ1) is 8.86. The van der Waals surface area contributed by atoms with Crippen LogP contribution in [-0.2, 0) is 0 Å². The summed E-state index contributed by atoms with van der Waals surface area (Å²) in [5.41, 5.74) is 1.91. The van der Waals surface area contributed by atoms with Crippen LogP contribution in [0.2, 0.25) is 0 Å². The summed E-state index contributed by atoms with van der Waals surface area (Å²) in [5, 5.41) is 2.63. The normalized spacial score (nSPS) is 14.1. The molecule has 0 N–H and O–H groups in total. The molecule has 0 bridgehead atoms. The van der Waals surface area contributed by atoms with Gasteiger partial charge in [0.05, 0.1) is 26.0 Å². The van der Waals surface area contributed by atoms with Gasteiger partial charge in [-0.1, -0.05) is 11.3 Å². The van der Waals surface area contributed by atoms with Crippen LogP contribution in [-0.4, -0.2) is 25.3 Å². The highest BCUT2D eigenvalue weighted by Crippen LogP contribution is 2.35. The summed E-state index contributed by atoms with van der Waals surface area (Å²) in [7, 11) is 1.62. The van der Waals surface area contributed by atoms with Gasteiger partial charge in [-0.2, -0.15) is 0 Å². The maximum Gasteiger partial charge on any atom is 0.273 e. The molecular weight excluding hydrogens is 250 g/mol. The Bertz CT molecular complexity index is 553. The van der Waals surface area contributed by atoms with Gasteiger partial charge in [-0.05, 0) is 18.2 Å². The standard InChI is InChI=1S/C13H13NO3S/c1-15-13-14-10(8-18-13)9-3-4-11-12(7-9)17-6-2-5-16-11/h3-4,7-8H,2,5-6H2,1H3. The fraction of sp³-hybridized carbons (Fsp3) is 0.308. The van der Waals surface area contributed by atoms with Crippen LogP contribution in [0.3, 0.4) is 0 Å². The van der Waals surface area contributed by atoms with Gasteiger partial charge in [0.15, 0.2) is 11.5 Å². The van der Waals surface area contributed by atoms with E-state index in [-0.39, 0.29) is 0 Å². The van der Waals surface area contributed by atoms with Gasteiger partial charge in [0.1, 0.15) is 0 Å². The number of nitrogens with zero attached hydrogens (tertiary/aromatic N) is 1. The fourth-order valence-electron chi connectivity index (χ4n) is 1.81. The molecule has 1 aromatic heterocycles. The SMILES string of the molecule is COc1nc(-c2ccc3c(c2)OCCCO3)cs1. The van der Waals surface area contributed by atoms with Crippen molar-refractivity contribution >= 4 is 11.3 Å². The van der Waals surface area contributed by atoms with Crippen LogP contribution in [0.5, 0.6) is 16.7 Å². The molecule has 4 nitrogen and oxygen atoms in total. The molecule has 0 amide bonds. The van der Waals surface area contributed by atoms with Crippen molar-refractivity contribution in [2.24, 2.45) is 0 Å². The van der Waals surface area contributed by atoms with Gasteiger partial charge >= 0.3 is 0 Å². The van der Waals surface area contributed by atoms with Crippen molar-refractivity contribution in [3.8, 4) is 28.0 Å². The summed E-state index contributed by atoms with van der Waals surface area (Å²) in [5.74, 6) is 1.59. The second-order valence-electron chi connectivity index (χ2n) is 3.91. The lowest BCUT2D eigenvalue weighted by atomic mass is 10.1. The lowest BCUT2D eigenvalue weighted by Crippen LogP contribution is -1.97. The number of ether oxygens (including phenoxy) is 3. The zero-order valence-corrected chi connectivity index (χ0v) is 10.8. The van der Waals surface area contributed by atoms with Crippen molar-refractivity contribution in [3.63, 3.8) is 0 Å². The highest BCUT2D eigenvalue weighted by Gasteiger charge is 2.12. The van der Waals surface area contributed by atoms with E-state index in [0.29, 0.717) is 18.4 Å². The van der Waals surface area contributed by atoms with Crippen LogP contribution in [0.25, 0.3) is 11.3 Å². The Morgan fingerprint density at radius 3 is 2.83 bits per heavy atom. The average molecular weight is 263 g/mol. The molecule has 0 atom stereocenters.